The van der Waals surface area contributed by atoms with E-state index in [1.54, 1.807) is 24.3 Å². The first kappa shape index (κ1) is 34.2. The predicted molar refractivity (Wildman–Crippen MR) is 173 cm³/mol. The maximum Gasteiger partial charge on any atom is 0.321 e. The fourth-order valence-corrected chi connectivity index (χ4v) is 6.63. The molecule has 2 N–H and O–H groups in total. The number of piperidine rings is 2. The van der Waals surface area contributed by atoms with E-state index in [4.69, 9.17) is 32.5 Å². The van der Waals surface area contributed by atoms with Crippen LogP contribution < -0.4 is 4.74 Å². The number of carbonyl (C=O) groups is 1. The van der Waals surface area contributed by atoms with Gasteiger partial charge in [-0.25, -0.2) is 0 Å². The van der Waals surface area contributed by atoms with Crippen molar-refractivity contribution in [3.8, 4) is 5.75 Å². The molecule has 0 amide bonds. The van der Waals surface area contributed by atoms with Crippen LogP contribution in [0.3, 0.4) is 0 Å². The van der Waals surface area contributed by atoms with Crippen LogP contribution in [-0.4, -0.2) is 78.7 Å². The van der Waals surface area contributed by atoms with Crippen LogP contribution in [0.4, 0.5) is 0 Å². The first-order chi connectivity index (χ1) is 21.0. The van der Waals surface area contributed by atoms with Gasteiger partial charge in [-0.2, -0.15) is 8.42 Å². The molecular formula is C33H40Cl2N2O6S. The van der Waals surface area contributed by atoms with Crippen molar-refractivity contribution < 1.29 is 27.6 Å². The summed E-state index contributed by atoms with van der Waals surface area (Å²) in [5.74, 6) is 0.725. The average molecular weight is 664 g/mol. The number of hydrogen-bond donors (Lipinski definition) is 2. The fraction of sp³-hybridized carbons (Fsp3) is 0.424. The molecular weight excluding hydrogens is 623 g/mol. The zero-order valence-corrected chi connectivity index (χ0v) is 27.1. The molecule has 5 rings (SSSR count). The van der Waals surface area contributed by atoms with E-state index in [1.807, 2.05) is 43.3 Å². The van der Waals surface area contributed by atoms with Crippen molar-refractivity contribution in [1.29, 1.82) is 0 Å². The molecule has 1 atom stereocenters. The second-order valence-corrected chi connectivity index (χ2v) is 13.6. The van der Waals surface area contributed by atoms with E-state index in [0.717, 1.165) is 75.3 Å². The average Bonchev–Trinajstić information content (AvgIpc) is 3.02. The molecule has 44 heavy (non-hydrogen) atoms. The van der Waals surface area contributed by atoms with Gasteiger partial charge in [0.05, 0.1) is 14.9 Å². The van der Waals surface area contributed by atoms with Crippen molar-refractivity contribution in [1.82, 2.24) is 9.80 Å². The van der Waals surface area contributed by atoms with E-state index in [2.05, 4.69) is 9.80 Å². The Hall–Kier alpha value is -2.66. The van der Waals surface area contributed by atoms with Gasteiger partial charge in [0.1, 0.15) is 17.9 Å². The number of halogens is 2. The van der Waals surface area contributed by atoms with Gasteiger partial charge in [-0.3, -0.25) is 14.2 Å². The Bertz CT molecular complexity index is 1460. The van der Waals surface area contributed by atoms with Gasteiger partial charge in [-0.05, 0) is 87.9 Å². The number of carboxylic acids is 1. The molecule has 2 heterocycles. The lowest BCUT2D eigenvalue weighted by Gasteiger charge is -2.39. The highest BCUT2D eigenvalue weighted by atomic mass is 35.5. The van der Waals surface area contributed by atoms with Gasteiger partial charge >= 0.3 is 5.97 Å². The summed E-state index contributed by atoms with van der Waals surface area (Å²) in [6.45, 7) is 6.78. The number of nitrogens with zero attached hydrogens (tertiary/aromatic N) is 2. The Balaban J connectivity index is 0.000000375. The molecule has 2 fully saturated rings. The standard InChI is InChI=1S/C27H34Cl2N2O3.C6H6O3S/c1-19-25(8-7-23(28)26(19)29)34-22-11-13-30(14-12-22)18-21-9-15-31(16-10-21)24(27(32)33)17-20-5-3-2-4-6-20;7-10(8,9)6-4-2-1-3-5-6/h2-8,21-22,24H,9-18H2,1H3,(H,32,33);1-5H,(H,7,8,9)/t24-;/m0./s1. The monoisotopic (exact) mass is 662 g/mol. The molecule has 0 unspecified atom stereocenters. The van der Waals surface area contributed by atoms with Crippen molar-refractivity contribution in [3.05, 3.63) is 94.0 Å². The summed E-state index contributed by atoms with van der Waals surface area (Å²) >= 11 is 12.4. The molecule has 238 valence electrons. The van der Waals surface area contributed by atoms with Gasteiger partial charge in [-0.1, -0.05) is 71.7 Å². The second kappa shape index (κ2) is 16.1. The molecule has 8 nitrogen and oxygen atoms in total. The molecule has 2 saturated heterocycles. The lowest BCUT2D eigenvalue weighted by atomic mass is 9.93. The second-order valence-electron chi connectivity index (χ2n) is 11.4. The van der Waals surface area contributed by atoms with Gasteiger partial charge in [0.15, 0.2) is 0 Å². The van der Waals surface area contributed by atoms with E-state index >= 15 is 0 Å². The highest BCUT2D eigenvalue weighted by Crippen LogP contribution is 2.33. The minimum atomic E-state index is -4.00. The van der Waals surface area contributed by atoms with Crippen molar-refractivity contribution in [2.75, 3.05) is 32.7 Å². The van der Waals surface area contributed by atoms with Gasteiger partial charge in [0, 0.05) is 25.2 Å². The lowest BCUT2D eigenvalue weighted by Crippen LogP contribution is -2.48. The first-order valence-electron chi connectivity index (χ1n) is 14.9. The Morgan fingerprint density at radius 2 is 1.50 bits per heavy atom. The van der Waals surface area contributed by atoms with Gasteiger partial charge < -0.3 is 14.7 Å². The third-order valence-electron chi connectivity index (χ3n) is 8.32. The molecule has 0 aromatic heterocycles. The van der Waals surface area contributed by atoms with Crippen molar-refractivity contribution in [3.63, 3.8) is 0 Å². The Morgan fingerprint density at radius 1 is 0.909 bits per heavy atom. The van der Waals surface area contributed by atoms with E-state index in [-0.39, 0.29) is 11.0 Å². The molecule has 3 aromatic rings. The minimum absolute atomic E-state index is 0.0741. The molecule has 3 aromatic carbocycles. The number of benzene rings is 3. The van der Waals surface area contributed by atoms with Crippen LogP contribution in [0.25, 0.3) is 0 Å². The molecule has 2 aliphatic rings. The molecule has 0 aliphatic carbocycles. The van der Waals surface area contributed by atoms with Crippen LogP contribution in [0.1, 0.15) is 36.8 Å². The molecule has 11 heteroatoms. The number of aliphatic carboxylic acids is 1. The van der Waals surface area contributed by atoms with E-state index in [1.165, 1.54) is 12.1 Å². The summed E-state index contributed by atoms with van der Waals surface area (Å²) in [6.07, 6.45) is 4.86. The molecule has 0 radical (unpaired) electrons. The number of rotatable bonds is 9. The van der Waals surface area contributed by atoms with Crippen LogP contribution in [0.15, 0.2) is 77.7 Å². The summed E-state index contributed by atoms with van der Waals surface area (Å²) < 4.78 is 35.5. The number of likely N-dealkylation sites (tertiary alicyclic amines) is 2. The SMILES string of the molecule is Cc1c(OC2CCN(CC3CCN([C@@H](Cc4ccccc4)C(=O)O)CC3)CC2)ccc(Cl)c1Cl.O=S(=O)(O)c1ccccc1. The normalized spacial score (nSPS) is 17.8. The zero-order valence-electron chi connectivity index (χ0n) is 24.8. The van der Waals surface area contributed by atoms with Gasteiger partial charge in [0.25, 0.3) is 10.1 Å². The van der Waals surface area contributed by atoms with Crippen molar-refractivity contribution in [2.24, 2.45) is 5.92 Å². The third kappa shape index (κ3) is 9.92. The van der Waals surface area contributed by atoms with Crippen LogP contribution in [-0.2, 0) is 21.3 Å². The van der Waals surface area contributed by atoms with Crippen molar-refractivity contribution >= 4 is 39.3 Å². The largest absolute Gasteiger partial charge is 0.490 e. The highest BCUT2D eigenvalue weighted by Gasteiger charge is 2.31. The maximum absolute atomic E-state index is 11.9. The quantitative estimate of drug-likeness (QED) is 0.251. The predicted octanol–water partition coefficient (Wildman–Crippen LogP) is 6.49. The van der Waals surface area contributed by atoms with E-state index in [9.17, 15) is 18.3 Å². The maximum atomic E-state index is 11.9. The first-order valence-corrected chi connectivity index (χ1v) is 17.1. The van der Waals surface area contributed by atoms with Crippen LogP contribution in [0.5, 0.6) is 5.75 Å². The number of hydrogen-bond acceptors (Lipinski definition) is 6. The Labute approximate surface area is 270 Å². The van der Waals surface area contributed by atoms with Gasteiger partial charge in [-0.15, -0.1) is 0 Å². The highest BCUT2D eigenvalue weighted by molar-refractivity contribution is 7.85. The van der Waals surface area contributed by atoms with Crippen LogP contribution in [0, 0.1) is 12.8 Å². The summed E-state index contributed by atoms with van der Waals surface area (Å²) in [5.41, 5.74) is 1.98. The summed E-state index contributed by atoms with van der Waals surface area (Å²) in [6, 6.07) is 20.6. The lowest BCUT2D eigenvalue weighted by molar-refractivity contribution is -0.144. The summed E-state index contributed by atoms with van der Waals surface area (Å²) in [5, 5.41) is 10.9. The number of ether oxygens (including phenoxy) is 1. The van der Waals surface area contributed by atoms with Gasteiger partial charge in [0.2, 0.25) is 0 Å². The van der Waals surface area contributed by atoms with Crippen LogP contribution in [0.2, 0.25) is 10.0 Å². The molecule has 2 aliphatic heterocycles. The number of carboxylic acid groups (broad SMARTS) is 1. The molecule has 0 bridgehead atoms. The van der Waals surface area contributed by atoms with Crippen molar-refractivity contribution in [2.45, 2.75) is 56.1 Å². The topological polar surface area (TPSA) is 107 Å². The van der Waals surface area contributed by atoms with E-state index < -0.39 is 22.1 Å². The molecule has 0 spiro atoms. The van der Waals surface area contributed by atoms with Crippen LogP contribution >= 0.6 is 23.2 Å². The molecule has 0 saturated carbocycles. The zero-order chi connectivity index (χ0) is 31.7. The minimum Gasteiger partial charge on any atom is -0.490 e. The third-order valence-corrected chi connectivity index (χ3v) is 10.1. The Morgan fingerprint density at radius 3 is 2.05 bits per heavy atom. The smallest absolute Gasteiger partial charge is 0.321 e. The fourth-order valence-electron chi connectivity index (χ4n) is 5.77. The van der Waals surface area contributed by atoms with E-state index in [0.29, 0.717) is 22.4 Å². The summed E-state index contributed by atoms with van der Waals surface area (Å²) in [7, 11) is -4.00. The Kier molecular flexibility index (Phi) is 12.5. The summed E-state index contributed by atoms with van der Waals surface area (Å²) in [4.78, 5) is 16.6.